The lowest BCUT2D eigenvalue weighted by molar-refractivity contribution is 0.442. The summed E-state index contributed by atoms with van der Waals surface area (Å²) in [5.74, 6) is 0. The minimum atomic E-state index is -3.46. The maximum absolute atomic E-state index is 12.1. The molecule has 0 aliphatic carbocycles. The van der Waals surface area contributed by atoms with Crippen LogP contribution in [0.3, 0.4) is 0 Å². The summed E-state index contributed by atoms with van der Waals surface area (Å²) < 4.78 is 28.8. The number of halogens is 1. The van der Waals surface area contributed by atoms with E-state index in [1.807, 2.05) is 13.1 Å². The maximum Gasteiger partial charge on any atom is 0.279 e. The van der Waals surface area contributed by atoms with E-state index in [9.17, 15) is 8.42 Å². The van der Waals surface area contributed by atoms with Gasteiger partial charge in [0.05, 0.1) is 10.4 Å². The van der Waals surface area contributed by atoms with Crippen molar-refractivity contribution in [2.75, 3.05) is 27.2 Å². The van der Waals surface area contributed by atoms with Crippen LogP contribution >= 0.6 is 22.9 Å². The zero-order valence-electron chi connectivity index (χ0n) is 11.3. The molecule has 0 aliphatic rings. The zero-order chi connectivity index (χ0) is 14.5. The van der Waals surface area contributed by atoms with Gasteiger partial charge in [-0.25, -0.2) is 0 Å². The second kappa shape index (κ2) is 7.56. The first-order chi connectivity index (χ1) is 8.86. The normalized spacial score (nSPS) is 13.9. The van der Waals surface area contributed by atoms with Crippen LogP contribution in [0.5, 0.6) is 0 Å². The number of hydrogen-bond acceptors (Lipinski definition) is 4. The Bertz CT molecular complexity index is 490. The molecule has 0 bridgehead atoms. The van der Waals surface area contributed by atoms with Gasteiger partial charge in [-0.05, 0) is 39.1 Å². The maximum atomic E-state index is 12.1. The Morgan fingerprint density at radius 3 is 2.68 bits per heavy atom. The van der Waals surface area contributed by atoms with Gasteiger partial charge in [-0.3, -0.25) is 0 Å². The Morgan fingerprint density at radius 2 is 2.16 bits per heavy atom. The fraction of sp³-hybridized carbons (Fsp3) is 0.636. The minimum absolute atomic E-state index is 0.283. The lowest BCUT2D eigenvalue weighted by Crippen LogP contribution is -2.40. The van der Waals surface area contributed by atoms with Crippen LogP contribution in [-0.2, 0) is 10.2 Å². The minimum Gasteiger partial charge on any atom is -0.320 e. The highest BCUT2D eigenvalue weighted by Gasteiger charge is 2.21. The average Bonchev–Trinajstić information content (AvgIpc) is 2.75. The van der Waals surface area contributed by atoms with Crippen LogP contribution in [-0.4, -0.2) is 39.9 Å². The average molecular weight is 326 g/mol. The van der Waals surface area contributed by atoms with E-state index in [2.05, 4.69) is 10.0 Å². The van der Waals surface area contributed by atoms with Crippen molar-refractivity contribution in [3.63, 3.8) is 0 Å². The predicted octanol–water partition coefficient (Wildman–Crippen LogP) is 1.84. The van der Waals surface area contributed by atoms with Gasteiger partial charge < -0.3 is 5.32 Å². The molecule has 0 spiro atoms. The molecule has 1 heterocycles. The van der Waals surface area contributed by atoms with Crippen LogP contribution in [0.2, 0.25) is 4.34 Å². The summed E-state index contributed by atoms with van der Waals surface area (Å²) in [5.41, 5.74) is 0. The SMILES string of the molecule is CNCCCN(C)S(=O)(=O)NC(C)c1ccc(Cl)s1. The molecule has 1 rings (SSSR count). The Kier molecular flexibility index (Phi) is 6.72. The molecule has 110 valence electrons. The quantitative estimate of drug-likeness (QED) is 0.717. The number of nitrogens with one attached hydrogen (secondary N) is 2. The van der Waals surface area contributed by atoms with E-state index in [1.54, 1.807) is 20.0 Å². The van der Waals surface area contributed by atoms with E-state index < -0.39 is 10.2 Å². The molecule has 1 aromatic rings. The summed E-state index contributed by atoms with van der Waals surface area (Å²) >= 11 is 7.23. The van der Waals surface area contributed by atoms with Crippen molar-refractivity contribution >= 4 is 33.1 Å². The van der Waals surface area contributed by atoms with Crippen LogP contribution in [0.25, 0.3) is 0 Å². The first-order valence-electron chi connectivity index (χ1n) is 6.00. The number of rotatable bonds is 8. The highest BCUT2D eigenvalue weighted by molar-refractivity contribution is 7.87. The standard InChI is InChI=1S/C11H20ClN3O2S2/c1-9(10-5-6-11(12)18-10)14-19(16,17)15(3)8-4-7-13-2/h5-6,9,13-14H,4,7-8H2,1-3H3. The largest absolute Gasteiger partial charge is 0.320 e. The fourth-order valence-electron chi connectivity index (χ4n) is 1.53. The van der Waals surface area contributed by atoms with Crippen molar-refractivity contribution in [2.45, 2.75) is 19.4 Å². The molecule has 0 radical (unpaired) electrons. The summed E-state index contributed by atoms with van der Waals surface area (Å²) in [4.78, 5) is 0.900. The molecule has 1 aromatic heterocycles. The lowest BCUT2D eigenvalue weighted by atomic mass is 10.3. The van der Waals surface area contributed by atoms with Crippen molar-refractivity contribution in [3.05, 3.63) is 21.3 Å². The molecule has 0 fully saturated rings. The Balaban J connectivity index is 2.58. The summed E-state index contributed by atoms with van der Waals surface area (Å²) in [5, 5.41) is 2.99. The molecular weight excluding hydrogens is 306 g/mol. The second-order valence-corrected chi connectivity index (χ2v) is 7.82. The van der Waals surface area contributed by atoms with E-state index in [-0.39, 0.29) is 6.04 Å². The Hall–Kier alpha value is -0.180. The summed E-state index contributed by atoms with van der Waals surface area (Å²) in [7, 11) is -0.0416. The van der Waals surface area contributed by atoms with Gasteiger partial charge in [-0.15, -0.1) is 11.3 Å². The summed E-state index contributed by atoms with van der Waals surface area (Å²) in [6.07, 6.45) is 0.771. The predicted molar refractivity (Wildman–Crippen MR) is 81.0 cm³/mol. The van der Waals surface area contributed by atoms with Crippen molar-refractivity contribution in [2.24, 2.45) is 0 Å². The van der Waals surface area contributed by atoms with E-state index >= 15 is 0 Å². The molecule has 8 heteroatoms. The van der Waals surface area contributed by atoms with E-state index in [0.29, 0.717) is 10.9 Å². The second-order valence-electron chi connectivity index (χ2n) is 4.27. The molecule has 2 N–H and O–H groups in total. The van der Waals surface area contributed by atoms with Gasteiger partial charge >= 0.3 is 0 Å². The van der Waals surface area contributed by atoms with Crippen molar-refractivity contribution in [3.8, 4) is 0 Å². The molecule has 1 atom stereocenters. The molecule has 5 nitrogen and oxygen atoms in total. The lowest BCUT2D eigenvalue weighted by Gasteiger charge is -2.20. The smallest absolute Gasteiger partial charge is 0.279 e. The first kappa shape index (κ1) is 16.9. The molecule has 1 unspecified atom stereocenters. The Morgan fingerprint density at radius 1 is 1.47 bits per heavy atom. The molecule has 0 aromatic carbocycles. The highest BCUT2D eigenvalue weighted by atomic mass is 35.5. The van der Waals surface area contributed by atoms with E-state index in [1.165, 1.54) is 15.6 Å². The van der Waals surface area contributed by atoms with Crippen molar-refractivity contribution < 1.29 is 8.42 Å². The zero-order valence-corrected chi connectivity index (χ0v) is 13.7. The third-order valence-corrected chi connectivity index (χ3v) is 5.73. The number of nitrogens with zero attached hydrogens (tertiary/aromatic N) is 1. The van der Waals surface area contributed by atoms with Crippen molar-refractivity contribution in [1.29, 1.82) is 0 Å². The fourth-order valence-corrected chi connectivity index (χ4v) is 3.79. The third-order valence-electron chi connectivity index (χ3n) is 2.66. The molecular formula is C11H20ClN3O2S2. The van der Waals surface area contributed by atoms with E-state index in [4.69, 9.17) is 11.6 Å². The number of hydrogen-bond donors (Lipinski definition) is 2. The molecule has 0 saturated carbocycles. The van der Waals surface area contributed by atoms with Crippen molar-refractivity contribution in [1.82, 2.24) is 14.3 Å². The summed E-state index contributed by atoms with van der Waals surface area (Å²) in [6.45, 7) is 3.07. The highest BCUT2D eigenvalue weighted by Crippen LogP contribution is 2.27. The van der Waals surface area contributed by atoms with Crippen LogP contribution in [0.4, 0.5) is 0 Å². The van der Waals surface area contributed by atoms with Gasteiger partial charge in [-0.1, -0.05) is 11.6 Å². The van der Waals surface area contributed by atoms with Gasteiger partial charge in [0.15, 0.2) is 0 Å². The van der Waals surface area contributed by atoms with Gasteiger partial charge in [0.2, 0.25) is 0 Å². The number of thiophene rings is 1. The van der Waals surface area contributed by atoms with Gasteiger partial charge in [0, 0.05) is 18.5 Å². The van der Waals surface area contributed by atoms with Crippen LogP contribution in [0.15, 0.2) is 12.1 Å². The van der Waals surface area contributed by atoms with Crippen LogP contribution in [0.1, 0.15) is 24.3 Å². The topological polar surface area (TPSA) is 61.4 Å². The molecule has 0 aliphatic heterocycles. The molecule has 19 heavy (non-hydrogen) atoms. The summed E-state index contributed by atoms with van der Waals surface area (Å²) in [6, 6.07) is 3.32. The first-order valence-corrected chi connectivity index (χ1v) is 8.63. The van der Waals surface area contributed by atoms with Gasteiger partial charge in [0.25, 0.3) is 10.2 Å². The third kappa shape index (κ3) is 5.37. The van der Waals surface area contributed by atoms with E-state index in [0.717, 1.165) is 17.8 Å². The van der Waals surface area contributed by atoms with Gasteiger partial charge in [0.1, 0.15) is 0 Å². The van der Waals surface area contributed by atoms with Crippen LogP contribution in [0, 0.1) is 0 Å². The molecule has 0 saturated heterocycles. The monoisotopic (exact) mass is 325 g/mol. The van der Waals surface area contributed by atoms with Crippen LogP contribution < -0.4 is 10.0 Å². The Labute approximate surface area is 124 Å². The van der Waals surface area contributed by atoms with Gasteiger partial charge in [-0.2, -0.15) is 17.4 Å². The molecule has 0 amide bonds.